The molecule has 0 aromatic heterocycles. The van der Waals surface area contributed by atoms with Gasteiger partial charge in [0.15, 0.2) is 0 Å². The Hall–Kier alpha value is -1.59. The van der Waals surface area contributed by atoms with Gasteiger partial charge in [-0.2, -0.15) is 5.26 Å². The summed E-state index contributed by atoms with van der Waals surface area (Å²) >= 11 is 3.44. The Bertz CT molecular complexity index is 523. The predicted octanol–water partition coefficient (Wildman–Crippen LogP) is 4.12. The molecule has 1 nitrogen and oxygen atoms in total. The van der Waals surface area contributed by atoms with Crippen LogP contribution in [-0.4, -0.2) is 0 Å². The zero-order chi connectivity index (χ0) is 11.4. The molecule has 2 rings (SSSR count). The van der Waals surface area contributed by atoms with Crippen molar-refractivity contribution in [3.8, 4) is 17.2 Å². The van der Waals surface area contributed by atoms with Crippen LogP contribution in [0, 0.1) is 11.3 Å². The number of rotatable bonds is 2. The van der Waals surface area contributed by atoms with Gasteiger partial charge in [0.25, 0.3) is 0 Å². The fourth-order valence-electron chi connectivity index (χ4n) is 1.57. The lowest BCUT2D eigenvalue weighted by Gasteiger charge is -2.03. The van der Waals surface area contributed by atoms with Crippen molar-refractivity contribution in [2.45, 2.75) is 5.33 Å². The van der Waals surface area contributed by atoms with Gasteiger partial charge in [-0.15, -0.1) is 0 Å². The summed E-state index contributed by atoms with van der Waals surface area (Å²) in [6.07, 6.45) is 0. The number of halogens is 1. The van der Waals surface area contributed by atoms with E-state index in [-0.39, 0.29) is 0 Å². The minimum absolute atomic E-state index is 0.695. The van der Waals surface area contributed by atoms with Gasteiger partial charge in [-0.05, 0) is 28.8 Å². The largest absolute Gasteiger partial charge is 0.192 e. The molecule has 0 atom stereocenters. The quantitative estimate of drug-likeness (QED) is 0.754. The third kappa shape index (κ3) is 2.32. The van der Waals surface area contributed by atoms with Gasteiger partial charge in [0.1, 0.15) is 0 Å². The highest BCUT2D eigenvalue weighted by atomic mass is 79.9. The molecule has 0 radical (unpaired) electrons. The summed E-state index contributed by atoms with van der Waals surface area (Å²) in [7, 11) is 0. The van der Waals surface area contributed by atoms with Gasteiger partial charge in [0.05, 0.1) is 11.6 Å². The van der Waals surface area contributed by atoms with Gasteiger partial charge in [-0.25, -0.2) is 0 Å². The maximum Gasteiger partial charge on any atom is 0.0991 e. The van der Waals surface area contributed by atoms with Crippen molar-refractivity contribution in [2.75, 3.05) is 0 Å². The van der Waals surface area contributed by atoms with Crippen molar-refractivity contribution in [1.29, 1.82) is 5.26 Å². The summed E-state index contributed by atoms with van der Waals surface area (Å²) < 4.78 is 0. The van der Waals surface area contributed by atoms with Crippen LogP contribution >= 0.6 is 15.9 Å². The molecule has 0 bridgehead atoms. The third-order valence-corrected chi connectivity index (χ3v) is 3.08. The monoisotopic (exact) mass is 271 g/mol. The third-order valence-electron chi connectivity index (χ3n) is 2.43. The zero-order valence-corrected chi connectivity index (χ0v) is 10.2. The minimum Gasteiger partial charge on any atom is -0.192 e. The lowest BCUT2D eigenvalue weighted by Crippen LogP contribution is -1.82. The Balaban J connectivity index is 2.39. The van der Waals surface area contributed by atoms with E-state index in [2.05, 4.69) is 40.2 Å². The van der Waals surface area contributed by atoms with Crippen molar-refractivity contribution < 1.29 is 0 Å². The molecular formula is C14H10BrN. The first-order valence-corrected chi connectivity index (χ1v) is 6.11. The summed E-state index contributed by atoms with van der Waals surface area (Å²) in [6, 6.07) is 18.1. The Kier molecular flexibility index (Phi) is 3.38. The average molecular weight is 272 g/mol. The second kappa shape index (κ2) is 4.96. The highest BCUT2D eigenvalue weighted by Crippen LogP contribution is 2.21. The van der Waals surface area contributed by atoms with Crippen LogP contribution in [0.2, 0.25) is 0 Å². The molecule has 0 amide bonds. The van der Waals surface area contributed by atoms with E-state index < -0.39 is 0 Å². The lowest BCUT2D eigenvalue weighted by molar-refractivity contribution is 1.43. The highest BCUT2D eigenvalue weighted by Gasteiger charge is 1.98. The van der Waals surface area contributed by atoms with Crippen molar-refractivity contribution >= 4 is 15.9 Å². The van der Waals surface area contributed by atoms with E-state index >= 15 is 0 Å². The smallest absolute Gasteiger partial charge is 0.0991 e. The molecule has 0 saturated carbocycles. The van der Waals surface area contributed by atoms with Crippen LogP contribution in [0.3, 0.4) is 0 Å². The maximum atomic E-state index is 8.73. The normalized spacial score (nSPS) is 9.75. The number of nitrogens with zero attached hydrogens (tertiary/aromatic N) is 1. The molecule has 0 fully saturated rings. The van der Waals surface area contributed by atoms with Crippen LogP contribution in [0.5, 0.6) is 0 Å². The van der Waals surface area contributed by atoms with Crippen LogP contribution in [-0.2, 0) is 5.33 Å². The van der Waals surface area contributed by atoms with E-state index in [1.165, 1.54) is 11.1 Å². The number of hydrogen-bond acceptors (Lipinski definition) is 1. The molecule has 0 spiro atoms. The van der Waals surface area contributed by atoms with Crippen molar-refractivity contribution in [3.05, 3.63) is 59.7 Å². The summed E-state index contributed by atoms with van der Waals surface area (Å²) in [4.78, 5) is 0. The fraction of sp³-hybridized carbons (Fsp3) is 0.0714. The molecule has 2 heteroatoms. The van der Waals surface area contributed by atoms with Crippen LogP contribution in [0.4, 0.5) is 0 Å². The lowest BCUT2D eigenvalue weighted by atomic mass is 10.0. The molecule has 78 valence electrons. The van der Waals surface area contributed by atoms with E-state index in [4.69, 9.17) is 5.26 Å². The van der Waals surface area contributed by atoms with Crippen molar-refractivity contribution in [1.82, 2.24) is 0 Å². The Morgan fingerprint density at radius 2 is 1.75 bits per heavy atom. The fourth-order valence-corrected chi connectivity index (χ4v) is 1.92. The molecule has 0 aliphatic carbocycles. The summed E-state index contributed by atoms with van der Waals surface area (Å²) in [5, 5.41) is 9.58. The van der Waals surface area contributed by atoms with Gasteiger partial charge in [-0.3, -0.25) is 0 Å². The molecule has 16 heavy (non-hydrogen) atoms. The Labute approximate surface area is 103 Å². The topological polar surface area (TPSA) is 23.8 Å². The van der Waals surface area contributed by atoms with E-state index in [9.17, 15) is 0 Å². The molecular weight excluding hydrogens is 262 g/mol. The summed E-state index contributed by atoms with van der Waals surface area (Å²) in [5.74, 6) is 0. The van der Waals surface area contributed by atoms with Crippen LogP contribution in [0.25, 0.3) is 11.1 Å². The summed E-state index contributed by atoms with van der Waals surface area (Å²) in [5.41, 5.74) is 4.27. The second-order valence-corrected chi connectivity index (χ2v) is 4.08. The maximum absolute atomic E-state index is 8.73. The Morgan fingerprint density at radius 3 is 2.38 bits per heavy atom. The SMILES string of the molecule is N#Cc1ccc(-c2cccc(CBr)c2)cc1. The van der Waals surface area contributed by atoms with Crippen molar-refractivity contribution in [3.63, 3.8) is 0 Å². The highest BCUT2D eigenvalue weighted by molar-refractivity contribution is 9.08. The number of benzene rings is 2. The van der Waals surface area contributed by atoms with E-state index in [0.717, 1.165) is 10.9 Å². The second-order valence-electron chi connectivity index (χ2n) is 3.52. The van der Waals surface area contributed by atoms with Gasteiger partial charge >= 0.3 is 0 Å². The van der Waals surface area contributed by atoms with Gasteiger partial charge in [-0.1, -0.05) is 52.3 Å². The molecule has 0 aliphatic heterocycles. The van der Waals surface area contributed by atoms with Gasteiger partial charge < -0.3 is 0 Å². The minimum atomic E-state index is 0.695. The van der Waals surface area contributed by atoms with Crippen LogP contribution < -0.4 is 0 Å². The van der Waals surface area contributed by atoms with Gasteiger partial charge in [0, 0.05) is 5.33 Å². The molecule has 2 aromatic rings. The van der Waals surface area contributed by atoms with E-state index in [1.54, 1.807) is 0 Å². The first kappa shape index (κ1) is 10.9. The van der Waals surface area contributed by atoms with Crippen molar-refractivity contribution in [2.24, 2.45) is 0 Å². The predicted molar refractivity (Wildman–Crippen MR) is 69.2 cm³/mol. The standard InChI is InChI=1S/C14H10BrN/c15-9-12-2-1-3-14(8-12)13-6-4-11(10-16)5-7-13/h1-8H,9H2. The first-order valence-electron chi connectivity index (χ1n) is 4.99. The zero-order valence-electron chi connectivity index (χ0n) is 8.65. The average Bonchev–Trinajstić information content (AvgIpc) is 2.39. The molecule has 0 aliphatic rings. The number of hydrogen-bond donors (Lipinski definition) is 0. The molecule has 0 saturated heterocycles. The molecule has 2 aromatic carbocycles. The van der Waals surface area contributed by atoms with Crippen LogP contribution in [0.1, 0.15) is 11.1 Å². The number of alkyl halides is 1. The van der Waals surface area contributed by atoms with E-state index in [0.29, 0.717) is 5.56 Å². The van der Waals surface area contributed by atoms with Crippen LogP contribution in [0.15, 0.2) is 48.5 Å². The van der Waals surface area contributed by atoms with Gasteiger partial charge in [0.2, 0.25) is 0 Å². The number of nitriles is 1. The molecule has 0 unspecified atom stereocenters. The molecule has 0 N–H and O–H groups in total. The Morgan fingerprint density at radius 1 is 1.00 bits per heavy atom. The van der Waals surface area contributed by atoms with E-state index in [1.807, 2.05) is 30.3 Å². The first-order chi connectivity index (χ1) is 7.83. The molecule has 0 heterocycles. The summed E-state index contributed by atoms with van der Waals surface area (Å²) in [6.45, 7) is 0.